The van der Waals surface area contributed by atoms with E-state index >= 15 is 0 Å². The quantitative estimate of drug-likeness (QED) is 0.789. The molecule has 1 N–H and O–H groups in total. The van der Waals surface area contributed by atoms with Crippen molar-refractivity contribution >= 4 is 44.6 Å². The Balaban J connectivity index is 1.82. The number of hydrogen-bond donors (Lipinski definition) is 1. The SMILES string of the molecule is COc1ncc(S(=O)(=O)NC2(Cc3ccc(Cl)cc3Cl)CCC2)s1. The monoisotopic (exact) mass is 406 g/mol. The molecule has 3 rings (SSSR count). The average molecular weight is 407 g/mol. The van der Waals surface area contributed by atoms with Crippen molar-refractivity contribution in [3.8, 4) is 5.19 Å². The van der Waals surface area contributed by atoms with Crippen molar-refractivity contribution in [1.82, 2.24) is 9.71 Å². The molecule has 0 unspecified atom stereocenters. The van der Waals surface area contributed by atoms with Crippen LogP contribution in [0.3, 0.4) is 0 Å². The Morgan fingerprint density at radius 2 is 2.12 bits per heavy atom. The van der Waals surface area contributed by atoms with Gasteiger partial charge in [-0.25, -0.2) is 18.1 Å². The molecule has 0 saturated heterocycles. The number of aromatic nitrogens is 1. The van der Waals surface area contributed by atoms with Crippen molar-refractivity contribution in [2.45, 2.75) is 35.4 Å². The van der Waals surface area contributed by atoms with Crippen LogP contribution in [-0.4, -0.2) is 26.1 Å². The van der Waals surface area contributed by atoms with Gasteiger partial charge in [0, 0.05) is 15.6 Å². The third-order valence-corrected chi connectivity index (χ3v) is 7.69. The van der Waals surface area contributed by atoms with Gasteiger partial charge < -0.3 is 4.74 Å². The Hall–Kier alpha value is -0.860. The maximum absolute atomic E-state index is 12.6. The van der Waals surface area contributed by atoms with E-state index in [0.29, 0.717) is 21.7 Å². The van der Waals surface area contributed by atoms with Crippen molar-refractivity contribution in [3.05, 3.63) is 40.0 Å². The van der Waals surface area contributed by atoms with Gasteiger partial charge in [0.25, 0.3) is 15.2 Å². The molecule has 1 saturated carbocycles. The zero-order chi connectivity index (χ0) is 17.4. The molecule has 0 bridgehead atoms. The molecule has 0 amide bonds. The molecule has 1 aromatic heterocycles. The molecule has 0 atom stereocenters. The average Bonchev–Trinajstić information content (AvgIpc) is 2.97. The molecule has 0 spiro atoms. The molecule has 130 valence electrons. The van der Waals surface area contributed by atoms with E-state index in [1.165, 1.54) is 13.3 Å². The van der Waals surface area contributed by atoms with Crippen molar-refractivity contribution < 1.29 is 13.2 Å². The molecular weight excluding hydrogens is 391 g/mol. The van der Waals surface area contributed by atoms with Gasteiger partial charge in [0.2, 0.25) is 0 Å². The molecule has 2 aromatic rings. The third kappa shape index (κ3) is 3.70. The summed E-state index contributed by atoms with van der Waals surface area (Å²) >= 11 is 13.2. The Labute approximate surface area is 155 Å². The van der Waals surface area contributed by atoms with Crippen LogP contribution in [0.25, 0.3) is 0 Å². The van der Waals surface area contributed by atoms with E-state index in [-0.39, 0.29) is 4.21 Å². The van der Waals surface area contributed by atoms with Gasteiger partial charge in [0.15, 0.2) is 4.21 Å². The Bertz CT molecular complexity index is 848. The fourth-order valence-corrected chi connectivity index (χ4v) is 5.60. The van der Waals surface area contributed by atoms with Crippen LogP contribution in [0.15, 0.2) is 28.6 Å². The van der Waals surface area contributed by atoms with Gasteiger partial charge in [-0.05, 0) is 43.4 Å². The minimum Gasteiger partial charge on any atom is -0.473 e. The number of sulfonamides is 1. The summed E-state index contributed by atoms with van der Waals surface area (Å²) in [5, 5.41) is 1.43. The van der Waals surface area contributed by atoms with E-state index in [1.807, 2.05) is 6.07 Å². The number of nitrogens with zero attached hydrogens (tertiary/aromatic N) is 1. The van der Waals surface area contributed by atoms with Crippen LogP contribution in [0, 0.1) is 0 Å². The molecule has 1 aromatic carbocycles. The second-order valence-electron chi connectivity index (χ2n) is 5.80. The maximum atomic E-state index is 12.6. The van der Waals surface area contributed by atoms with Crippen LogP contribution >= 0.6 is 34.5 Å². The molecule has 1 fully saturated rings. The Kier molecular flexibility index (Phi) is 5.09. The molecular formula is C15H16Cl2N2O3S2. The lowest BCUT2D eigenvalue weighted by molar-refractivity contribution is 0.220. The standard InChI is InChI=1S/C15H16Cl2N2O3S2/c1-22-14-18-9-13(23-14)24(20,21)19-15(5-2-6-15)8-10-3-4-11(16)7-12(10)17/h3-4,7,9,19H,2,5-6,8H2,1H3. The van der Waals surface area contributed by atoms with Crippen LogP contribution in [0.2, 0.25) is 10.0 Å². The second-order valence-corrected chi connectivity index (χ2v) is 9.55. The smallest absolute Gasteiger partial charge is 0.274 e. The summed E-state index contributed by atoms with van der Waals surface area (Å²) in [6.07, 6.45) is 4.34. The molecule has 0 aliphatic heterocycles. The highest BCUT2D eigenvalue weighted by Crippen LogP contribution is 2.39. The first-order chi connectivity index (χ1) is 11.3. The highest BCUT2D eigenvalue weighted by molar-refractivity contribution is 7.91. The van der Waals surface area contributed by atoms with Gasteiger partial charge in [0.1, 0.15) is 0 Å². The number of hydrogen-bond acceptors (Lipinski definition) is 5. The molecule has 0 radical (unpaired) electrons. The zero-order valence-corrected chi connectivity index (χ0v) is 16.0. The van der Waals surface area contributed by atoms with Gasteiger partial charge >= 0.3 is 0 Å². The molecule has 5 nitrogen and oxygen atoms in total. The molecule has 1 heterocycles. The molecule has 1 aliphatic rings. The predicted octanol–water partition coefficient (Wildman–Crippen LogP) is 3.90. The minimum atomic E-state index is -3.65. The van der Waals surface area contributed by atoms with Crippen LogP contribution < -0.4 is 9.46 Å². The van der Waals surface area contributed by atoms with E-state index in [2.05, 4.69) is 9.71 Å². The number of rotatable bonds is 6. The topological polar surface area (TPSA) is 68.3 Å². The highest BCUT2D eigenvalue weighted by atomic mass is 35.5. The third-order valence-electron chi connectivity index (χ3n) is 4.11. The fourth-order valence-electron chi connectivity index (χ4n) is 2.75. The van der Waals surface area contributed by atoms with Gasteiger partial charge in [-0.2, -0.15) is 0 Å². The van der Waals surface area contributed by atoms with Gasteiger partial charge in [0.05, 0.1) is 13.3 Å². The Morgan fingerprint density at radius 3 is 2.67 bits per heavy atom. The fraction of sp³-hybridized carbons (Fsp3) is 0.400. The first-order valence-corrected chi connectivity index (χ1v) is 10.4. The van der Waals surface area contributed by atoms with Crippen LogP contribution in [0.1, 0.15) is 24.8 Å². The summed E-state index contributed by atoms with van der Waals surface area (Å²) in [4.78, 5) is 3.92. The van der Waals surface area contributed by atoms with Gasteiger partial charge in [-0.15, -0.1) is 0 Å². The van der Waals surface area contributed by atoms with E-state index in [1.54, 1.807) is 12.1 Å². The van der Waals surface area contributed by atoms with Gasteiger partial charge in [-0.3, -0.25) is 0 Å². The minimum absolute atomic E-state index is 0.146. The number of benzene rings is 1. The summed E-state index contributed by atoms with van der Waals surface area (Å²) in [7, 11) is -2.20. The molecule has 9 heteroatoms. The molecule has 24 heavy (non-hydrogen) atoms. The van der Waals surface area contributed by atoms with Crippen LogP contribution in [0.4, 0.5) is 0 Å². The van der Waals surface area contributed by atoms with Gasteiger partial charge in [-0.1, -0.05) is 40.6 Å². The number of thiazole rings is 1. The second kappa shape index (κ2) is 6.80. The van der Waals surface area contributed by atoms with Crippen molar-refractivity contribution in [3.63, 3.8) is 0 Å². The number of nitrogens with one attached hydrogen (secondary N) is 1. The summed E-state index contributed by atoms with van der Waals surface area (Å²) in [5.41, 5.74) is 0.360. The van der Waals surface area contributed by atoms with Crippen LogP contribution in [-0.2, 0) is 16.4 Å². The van der Waals surface area contributed by atoms with E-state index in [9.17, 15) is 8.42 Å². The lowest BCUT2D eigenvalue weighted by Gasteiger charge is -2.42. The van der Waals surface area contributed by atoms with Crippen molar-refractivity contribution in [2.24, 2.45) is 0 Å². The zero-order valence-electron chi connectivity index (χ0n) is 12.9. The highest BCUT2D eigenvalue weighted by Gasteiger charge is 2.41. The summed E-state index contributed by atoms with van der Waals surface area (Å²) in [6, 6.07) is 5.28. The van der Waals surface area contributed by atoms with E-state index < -0.39 is 15.6 Å². The normalized spacial score (nSPS) is 16.6. The summed E-state index contributed by atoms with van der Waals surface area (Å²) in [6.45, 7) is 0. The summed E-state index contributed by atoms with van der Waals surface area (Å²) < 4.78 is 33.3. The van der Waals surface area contributed by atoms with E-state index in [4.69, 9.17) is 27.9 Å². The molecule has 1 aliphatic carbocycles. The predicted molar refractivity (Wildman–Crippen MR) is 95.7 cm³/mol. The van der Waals surface area contributed by atoms with Crippen molar-refractivity contribution in [1.29, 1.82) is 0 Å². The number of methoxy groups -OCH3 is 1. The number of halogens is 2. The summed E-state index contributed by atoms with van der Waals surface area (Å²) in [5.74, 6) is 0. The lowest BCUT2D eigenvalue weighted by atomic mass is 9.74. The number of ether oxygens (including phenoxy) is 1. The van der Waals surface area contributed by atoms with Crippen molar-refractivity contribution in [2.75, 3.05) is 7.11 Å². The first kappa shape index (κ1) is 17.9. The van der Waals surface area contributed by atoms with E-state index in [0.717, 1.165) is 36.2 Å². The van der Waals surface area contributed by atoms with Crippen LogP contribution in [0.5, 0.6) is 5.19 Å². The largest absolute Gasteiger partial charge is 0.473 e. The first-order valence-electron chi connectivity index (χ1n) is 7.31. The maximum Gasteiger partial charge on any atom is 0.274 e. The Morgan fingerprint density at radius 1 is 1.38 bits per heavy atom. The lowest BCUT2D eigenvalue weighted by Crippen LogP contribution is -2.54.